The van der Waals surface area contributed by atoms with Crippen LogP contribution in [0.15, 0.2) is 30.3 Å². The molecule has 0 amide bonds. The average Bonchev–Trinajstić information content (AvgIpc) is 2.39. The summed E-state index contributed by atoms with van der Waals surface area (Å²) in [6.45, 7) is 0. The van der Waals surface area contributed by atoms with Gasteiger partial charge in [-0.2, -0.15) is 0 Å². The maximum atomic E-state index is 11.5. The number of rotatable bonds is 2. The lowest BCUT2D eigenvalue weighted by molar-refractivity contribution is 0.0595. The highest BCUT2D eigenvalue weighted by molar-refractivity contribution is 6.32. The van der Waals surface area contributed by atoms with Crippen molar-refractivity contribution in [3.05, 3.63) is 41.2 Å². The van der Waals surface area contributed by atoms with Gasteiger partial charge in [-0.1, -0.05) is 41.9 Å². The number of hydrogen-bond acceptors (Lipinski definition) is 5. The monoisotopic (exact) mass is 263 g/mol. The molecule has 0 aliphatic rings. The summed E-state index contributed by atoms with van der Waals surface area (Å²) < 4.78 is 4.58. The van der Waals surface area contributed by atoms with Gasteiger partial charge in [0.25, 0.3) is 0 Å². The van der Waals surface area contributed by atoms with Crippen molar-refractivity contribution in [2.45, 2.75) is 0 Å². The molecule has 2 rings (SSSR count). The molecule has 0 fully saturated rings. The van der Waals surface area contributed by atoms with Crippen molar-refractivity contribution < 1.29 is 9.53 Å². The summed E-state index contributed by atoms with van der Waals surface area (Å²) in [7, 11) is 1.25. The number of carbonyl (C=O) groups is 1. The quantitative estimate of drug-likeness (QED) is 0.840. The zero-order valence-corrected chi connectivity index (χ0v) is 10.3. The predicted octanol–water partition coefficient (Wildman–Crippen LogP) is 2.17. The molecule has 5 nitrogen and oxygen atoms in total. The number of aromatic nitrogens is 2. The van der Waals surface area contributed by atoms with Crippen molar-refractivity contribution in [1.29, 1.82) is 0 Å². The van der Waals surface area contributed by atoms with Gasteiger partial charge >= 0.3 is 5.97 Å². The molecule has 2 aromatic rings. The Labute approximate surface area is 109 Å². The van der Waals surface area contributed by atoms with Crippen LogP contribution in [-0.2, 0) is 4.74 Å². The van der Waals surface area contributed by atoms with Gasteiger partial charge in [-0.25, -0.2) is 14.8 Å². The van der Waals surface area contributed by atoms with Crippen molar-refractivity contribution >= 4 is 23.4 Å². The first-order chi connectivity index (χ1) is 8.63. The number of carbonyl (C=O) groups excluding carboxylic acids is 1. The average molecular weight is 264 g/mol. The second kappa shape index (κ2) is 5.01. The minimum absolute atomic E-state index is 0.0410. The Balaban J connectivity index is 2.59. The number of nitrogens with zero attached hydrogens (tertiary/aromatic N) is 2. The molecule has 0 atom stereocenters. The molecule has 2 N–H and O–H groups in total. The number of halogens is 1. The van der Waals surface area contributed by atoms with E-state index < -0.39 is 5.97 Å². The molecule has 0 aliphatic heterocycles. The minimum atomic E-state index is -0.645. The van der Waals surface area contributed by atoms with E-state index >= 15 is 0 Å². The molecule has 0 bridgehead atoms. The van der Waals surface area contributed by atoms with Crippen LogP contribution in [0.3, 0.4) is 0 Å². The van der Waals surface area contributed by atoms with Crippen molar-refractivity contribution in [2.75, 3.05) is 12.8 Å². The van der Waals surface area contributed by atoms with Crippen molar-refractivity contribution in [3.63, 3.8) is 0 Å². The van der Waals surface area contributed by atoms with E-state index in [9.17, 15) is 4.79 Å². The Morgan fingerprint density at radius 2 is 1.94 bits per heavy atom. The molecular weight excluding hydrogens is 254 g/mol. The number of nitrogens with two attached hydrogens (primary N) is 1. The summed E-state index contributed by atoms with van der Waals surface area (Å²) in [5.74, 6) is -0.694. The van der Waals surface area contributed by atoms with Gasteiger partial charge in [-0.3, -0.25) is 0 Å². The smallest absolute Gasteiger partial charge is 0.360 e. The molecule has 1 aromatic heterocycles. The maximum absolute atomic E-state index is 11.5. The summed E-state index contributed by atoms with van der Waals surface area (Å²) in [6, 6.07) is 9.16. The molecule has 0 unspecified atom stereocenters. The first-order valence-corrected chi connectivity index (χ1v) is 5.48. The van der Waals surface area contributed by atoms with E-state index in [0.717, 1.165) is 5.56 Å². The van der Waals surface area contributed by atoms with Crippen LogP contribution in [0.5, 0.6) is 0 Å². The molecule has 18 heavy (non-hydrogen) atoms. The summed E-state index contributed by atoms with van der Waals surface area (Å²) >= 11 is 5.98. The van der Waals surface area contributed by atoms with E-state index in [1.165, 1.54) is 7.11 Å². The third kappa shape index (κ3) is 2.26. The van der Waals surface area contributed by atoms with E-state index in [-0.39, 0.29) is 16.7 Å². The Morgan fingerprint density at radius 3 is 2.56 bits per heavy atom. The van der Waals surface area contributed by atoms with Gasteiger partial charge in [-0.15, -0.1) is 0 Å². The van der Waals surface area contributed by atoms with Crippen LogP contribution in [0.4, 0.5) is 5.82 Å². The SMILES string of the molecule is COC(=O)c1nc(-c2ccccc2)c(Cl)nc1N. The molecule has 92 valence electrons. The number of ether oxygens (including phenoxy) is 1. The van der Waals surface area contributed by atoms with Crippen molar-refractivity contribution in [3.8, 4) is 11.3 Å². The van der Waals surface area contributed by atoms with Gasteiger partial charge in [0, 0.05) is 5.56 Å². The second-order valence-electron chi connectivity index (χ2n) is 3.45. The van der Waals surface area contributed by atoms with Crippen LogP contribution < -0.4 is 5.73 Å². The van der Waals surface area contributed by atoms with Gasteiger partial charge in [0.2, 0.25) is 0 Å². The fourth-order valence-corrected chi connectivity index (χ4v) is 1.70. The standard InChI is InChI=1S/C12H10ClN3O2/c1-18-12(17)9-11(14)16-10(13)8(15-9)7-5-3-2-4-6-7/h2-6H,1H3,(H2,14,16). The highest BCUT2D eigenvalue weighted by atomic mass is 35.5. The number of methoxy groups -OCH3 is 1. The molecule has 0 saturated heterocycles. The van der Waals surface area contributed by atoms with E-state index in [1.807, 2.05) is 30.3 Å². The summed E-state index contributed by atoms with van der Waals surface area (Å²) in [5.41, 5.74) is 6.69. The first kappa shape index (κ1) is 12.3. The van der Waals surface area contributed by atoms with Crippen LogP contribution in [0.25, 0.3) is 11.3 Å². The van der Waals surface area contributed by atoms with Gasteiger partial charge in [-0.05, 0) is 0 Å². The second-order valence-corrected chi connectivity index (χ2v) is 3.81. The highest BCUT2D eigenvalue weighted by Crippen LogP contribution is 2.26. The normalized spacial score (nSPS) is 10.1. The Bertz CT molecular complexity index is 587. The van der Waals surface area contributed by atoms with Crippen molar-refractivity contribution in [1.82, 2.24) is 9.97 Å². The lowest BCUT2D eigenvalue weighted by Gasteiger charge is -2.07. The predicted molar refractivity (Wildman–Crippen MR) is 68.2 cm³/mol. The third-order valence-electron chi connectivity index (χ3n) is 2.31. The Morgan fingerprint density at radius 1 is 1.28 bits per heavy atom. The van der Waals surface area contributed by atoms with Crippen LogP contribution in [0, 0.1) is 0 Å². The van der Waals surface area contributed by atoms with Crippen LogP contribution in [0.1, 0.15) is 10.5 Å². The fraction of sp³-hybridized carbons (Fsp3) is 0.0833. The summed E-state index contributed by atoms with van der Waals surface area (Å²) in [4.78, 5) is 19.5. The summed E-state index contributed by atoms with van der Waals surface area (Å²) in [5, 5.41) is 0.145. The highest BCUT2D eigenvalue weighted by Gasteiger charge is 2.18. The van der Waals surface area contributed by atoms with Gasteiger partial charge < -0.3 is 10.5 Å². The minimum Gasteiger partial charge on any atom is -0.464 e. The summed E-state index contributed by atoms with van der Waals surface area (Å²) in [6.07, 6.45) is 0. The van der Waals surface area contributed by atoms with E-state index in [2.05, 4.69) is 14.7 Å². The number of anilines is 1. The molecule has 1 aromatic carbocycles. The van der Waals surface area contributed by atoms with Gasteiger partial charge in [0.05, 0.1) is 7.11 Å². The molecule has 0 spiro atoms. The lowest BCUT2D eigenvalue weighted by Crippen LogP contribution is -2.11. The topological polar surface area (TPSA) is 78.1 Å². The number of esters is 1. The number of hydrogen-bond donors (Lipinski definition) is 1. The van der Waals surface area contributed by atoms with Crippen molar-refractivity contribution in [2.24, 2.45) is 0 Å². The lowest BCUT2D eigenvalue weighted by atomic mass is 10.1. The maximum Gasteiger partial charge on any atom is 0.360 e. The Hall–Kier alpha value is -2.14. The fourth-order valence-electron chi connectivity index (χ4n) is 1.45. The molecule has 0 aliphatic carbocycles. The molecule has 6 heteroatoms. The number of benzene rings is 1. The largest absolute Gasteiger partial charge is 0.464 e. The number of nitrogen functional groups attached to an aromatic ring is 1. The van der Waals surface area contributed by atoms with Crippen LogP contribution in [-0.4, -0.2) is 23.0 Å². The third-order valence-corrected chi connectivity index (χ3v) is 2.57. The Kier molecular flexibility index (Phi) is 3.43. The van der Waals surface area contributed by atoms with E-state index in [1.54, 1.807) is 0 Å². The molecule has 1 heterocycles. The van der Waals surface area contributed by atoms with Gasteiger partial charge in [0.15, 0.2) is 16.7 Å². The molecular formula is C12H10ClN3O2. The first-order valence-electron chi connectivity index (χ1n) is 5.10. The molecule has 0 radical (unpaired) electrons. The van der Waals surface area contributed by atoms with E-state index in [4.69, 9.17) is 17.3 Å². The van der Waals surface area contributed by atoms with E-state index in [0.29, 0.717) is 5.69 Å². The van der Waals surface area contributed by atoms with Crippen LogP contribution in [0.2, 0.25) is 5.15 Å². The molecule has 0 saturated carbocycles. The zero-order valence-electron chi connectivity index (χ0n) is 9.55. The van der Waals surface area contributed by atoms with Crippen LogP contribution >= 0.6 is 11.6 Å². The zero-order chi connectivity index (χ0) is 13.1. The van der Waals surface area contributed by atoms with Gasteiger partial charge in [0.1, 0.15) is 5.69 Å².